The third-order valence-corrected chi connectivity index (χ3v) is 5.46. The highest BCUT2D eigenvalue weighted by molar-refractivity contribution is 5.94. The van der Waals surface area contributed by atoms with Crippen molar-refractivity contribution >= 4 is 11.8 Å². The molecule has 7 heteroatoms. The summed E-state index contributed by atoms with van der Waals surface area (Å²) in [7, 11) is 0. The molecule has 0 radical (unpaired) electrons. The molecule has 2 atom stereocenters. The summed E-state index contributed by atoms with van der Waals surface area (Å²) in [6.45, 7) is 6.31. The monoisotopic (exact) mass is 385 g/mol. The first kappa shape index (κ1) is 18.7. The number of nitrogens with zero attached hydrogens (tertiary/aromatic N) is 3. The van der Waals surface area contributed by atoms with Crippen LogP contribution >= 0.6 is 0 Å². The standard InChI is InChI=1S/C21H24FN3O3/c1-13-9-14(2)11-25(10-13)21(27)19-23-17-12-24(8-7-18(17)28-19)20(26)15-5-3-4-6-16(15)22/h3-6,13-14H,7-12H2,1-2H3/t13-,14+. The van der Waals surface area contributed by atoms with E-state index in [9.17, 15) is 14.0 Å². The molecule has 3 heterocycles. The summed E-state index contributed by atoms with van der Waals surface area (Å²) in [5.74, 6) is 0.517. The fourth-order valence-electron chi connectivity index (χ4n) is 4.23. The maximum Gasteiger partial charge on any atom is 0.309 e. The summed E-state index contributed by atoms with van der Waals surface area (Å²) in [4.78, 5) is 33.2. The summed E-state index contributed by atoms with van der Waals surface area (Å²) in [5.41, 5.74) is 0.624. The van der Waals surface area contributed by atoms with Gasteiger partial charge in [-0.05, 0) is 30.4 Å². The summed E-state index contributed by atoms with van der Waals surface area (Å²) in [5, 5.41) is 0. The lowest BCUT2D eigenvalue weighted by molar-refractivity contribution is 0.0580. The molecule has 2 aliphatic heterocycles. The second kappa shape index (κ2) is 7.37. The topological polar surface area (TPSA) is 66.7 Å². The maximum atomic E-state index is 13.9. The summed E-state index contributed by atoms with van der Waals surface area (Å²) in [6.07, 6.45) is 1.57. The number of hydrogen-bond acceptors (Lipinski definition) is 4. The van der Waals surface area contributed by atoms with E-state index in [-0.39, 0.29) is 29.8 Å². The fraction of sp³-hybridized carbons (Fsp3) is 0.476. The number of carbonyl (C=O) groups is 2. The van der Waals surface area contributed by atoms with Crippen molar-refractivity contribution in [3.63, 3.8) is 0 Å². The van der Waals surface area contributed by atoms with Crippen LogP contribution in [0.1, 0.15) is 52.8 Å². The average Bonchev–Trinajstić information content (AvgIpc) is 3.09. The molecule has 28 heavy (non-hydrogen) atoms. The Bertz CT molecular complexity index is 900. The predicted molar refractivity (Wildman–Crippen MR) is 100 cm³/mol. The van der Waals surface area contributed by atoms with Gasteiger partial charge < -0.3 is 14.2 Å². The zero-order chi connectivity index (χ0) is 19.8. The van der Waals surface area contributed by atoms with Crippen molar-refractivity contribution in [1.29, 1.82) is 0 Å². The molecular formula is C21H24FN3O3. The molecule has 1 fully saturated rings. The highest BCUT2D eigenvalue weighted by atomic mass is 19.1. The molecule has 2 amide bonds. The van der Waals surface area contributed by atoms with Crippen LogP contribution in [-0.2, 0) is 13.0 Å². The summed E-state index contributed by atoms with van der Waals surface area (Å²) in [6, 6.07) is 5.94. The number of carbonyl (C=O) groups excluding carboxylic acids is 2. The van der Waals surface area contributed by atoms with E-state index in [1.54, 1.807) is 21.9 Å². The van der Waals surface area contributed by atoms with Gasteiger partial charge in [0.2, 0.25) is 0 Å². The number of hydrogen-bond donors (Lipinski definition) is 0. The molecule has 6 nitrogen and oxygen atoms in total. The predicted octanol–water partition coefficient (Wildman–Crippen LogP) is 3.13. The molecule has 2 aromatic rings. The SMILES string of the molecule is C[C@@H]1C[C@H](C)CN(C(=O)c2nc3c(o2)CCN(C(=O)c2ccccc2F)C3)C1. The molecule has 1 aromatic heterocycles. The highest BCUT2D eigenvalue weighted by Gasteiger charge is 2.32. The van der Waals surface area contributed by atoms with Crippen LogP contribution in [-0.4, -0.2) is 46.2 Å². The Kier molecular flexibility index (Phi) is 4.91. The van der Waals surface area contributed by atoms with E-state index in [0.717, 1.165) is 6.42 Å². The Hall–Kier alpha value is -2.70. The van der Waals surface area contributed by atoms with Gasteiger partial charge in [0.25, 0.3) is 11.8 Å². The van der Waals surface area contributed by atoms with E-state index in [0.29, 0.717) is 49.3 Å². The average molecular weight is 385 g/mol. The highest BCUT2D eigenvalue weighted by Crippen LogP contribution is 2.25. The van der Waals surface area contributed by atoms with Gasteiger partial charge in [0.1, 0.15) is 17.3 Å². The second-order valence-corrected chi connectivity index (χ2v) is 8.00. The van der Waals surface area contributed by atoms with Crippen molar-refractivity contribution in [1.82, 2.24) is 14.8 Å². The molecular weight excluding hydrogens is 361 g/mol. The minimum Gasteiger partial charge on any atom is -0.437 e. The lowest BCUT2D eigenvalue weighted by Gasteiger charge is -2.34. The van der Waals surface area contributed by atoms with Gasteiger partial charge in [-0.2, -0.15) is 0 Å². The van der Waals surface area contributed by atoms with Gasteiger partial charge in [-0.15, -0.1) is 0 Å². The Morgan fingerprint density at radius 1 is 1.11 bits per heavy atom. The molecule has 4 rings (SSSR count). The van der Waals surface area contributed by atoms with Crippen LogP contribution in [0.15, 0.2) is 28.7 Å². The number of rotatable bonds is 2. The van der Waals surface area contributed by atoms with Crippen molar-refractivity contribution in [2.45, 2.75) is 33.2 Å². The van der Waals surface area contributed by atoms with Gasteiger partial charge in [0.15, 0.2) is 0 Å². The largest absolute Gasteiger partial charge is 0.437 e. The van der Waals surface area contributed by atoms with Gasteiger partial charge in [-0.3, -0.25) is 9.59 Å². The molecule has 0 unspecified atom stereocenters. The number of aromatic nitrogens is 1. The Labute approximate surface area is 163 Å². The van der Waals surface area contributed by atoms with Gasteiger partial charge in [-0.1, -0.05) is 26.0 Å². The third-order valence-electron chi connectivity index (χ3n) is 5.46. The number of halogens is 1. The molecule has 0 aliphatic carbocycles. The molecule has 148 valence electrons. The van der Waals surface area contributed by atoms with Crippen LogP contribution in [0.3, 0.4) is 0 Å². The lowest BCUT2D eigenvalue weighted by atomic mass is 9.92. The summed E-state index contributed by atoms with van der Waals surface area (Å²) < 4.78 is 19.7. The zero-order valence-corrected chi connectivity index (χ0v) is 16.2. The number of piperidine rings is 1. The van der Waals surface area contributed by atoms with Crippen molar-refractivity contribution in [2.75, 3.05) is 19.6 Å². The minimum atomic E-state index is -0.539. The normalized spacial score (nSPS) is 22.1. The minimum absolute atomic E-state index is 0.0436. The van der Waals surface area contributed by atoms with Crippen LogP contribution < -0.4 is 0 Å². The van der Waals surface area contributed by atoms with Gasteiger partial charge in [-0.25, -0.2) is 9.37 Å². The van der Waals surface area contributed by atoms with E-state index in [2.05, 4.69) is 18.8 Å². The van der Waals surface area contributed by atoms with Crippen LogP contribution in [0.5, 0.6) is 0 Å². The molecule has 0 N–H and O–H groups in total. The zero-order valence-electron chi connectivity index (χ0n) is 16.2. The molecule has 2 aliphatic rings. The van der Waals surface area contributed by atoms with Crippen LogP contribution in [0.2, 0.25) is 0 Å². The fourth-order valence-corrected chi connectivity index (χ4v) is 4.23. The maximum absolute atomic E-state index is 13.9. The number of benzene rings is 1. The van der Waals surface area contributed by atoms with E-state index < -0.39 is 5.82 Å². The van der Waals surface area contributed by atoms with Crippen LogP contribution in [0, 0.1) is 17.7 Å². The number of fused-ring (bicyclic) bond motifs is 1. The van der Waals surface area contributed by atoms with Crippen molar-refractivity contribution in [3.8, 4) is 0 Å². The van der Waals surface area contributed by atoms with Crippen molar-refractivity contribution < 1.29 is 18.4 Å². The first-order valence-corrected chi connectivity index (χ1v) is 9.74. The first-order valence-electron chi connectivity index (χ1n) is 9.74. The van der Waals surface area contributed by atoms with Gasteiger partial charge >= 0.3 is 5.91 Å². The number of likely N-dealkylation sites (tertiary alicyclic amines) is 1. The Balaban J connectivity index is 1.50. The number of amides is 2. The molecule has 0 spiro atoms. The molecule has 1 saturated heterocycles. The van der Waals surface area contributed by atoms with Crippen molar-refractivity contribution in [3.05, 3.63) is 53.0 Å². The Morgan fingerprint density at radius 2 is 1.82 bits per heavy atom. The first-order chi connectivity index (χ1) is 13.4. The quantitative estimate of drug-likeness (QED) is 0.797. The van der Waals surface area contributed by atoms with E-state index >= 15 is 0 Å². The van der Waals surface area contributed by atoms with E-state index in [1.165, 1.54) is 12.1 Å². The van der Waals surface area contributed by atoms with Crippen molar-refractivity contribution in [2.24, 2.45) is 11.8 Å². The number of oxazole rings is 1. The van der Waals surface area contributed by atoms with Crippen LogP contribution in [0.4, 0.5) is 4.39 Å². The smallest absolute Gasteiger partial charge is 0.309 e. The lowest BCUT2D eigenvalue weighted by Crippen LogP contribution is -2.42. The Morgan fingerprint density at radius 3 is 2.54 bits per heavy atom. The second-order valence-electron chi connectivity index (χ2n) is 8.00. The molecule has 0 bridgehead atoms. The van der Waals surface area contributed by atoms with E-state index in [4.69, 9.17) is 4.42 Å². The third kappa shape index (κ3) is 3.53. The molecule has 0 saturated carbocycles. The van der Waals surface area contributed by atoms with Crippen LogP contribution in [0.25, 0.3) is 0 Å². The molecule has 1 aromatic carbocycles. The van der Waals surface area contributed by atoms with Gasteiger partial charge in [0, 0.05) is 26.1 Å². The van der Waals surface area contributed by atoms with E-state index in [1.807, 2.05) is 0 Å². The summed E-state index contributed by atoms with van der Waals surface area (Å²) >= 11 is 0. The van der Waals surface area contributed by atoms with Gasteiger partial charge in [0.05, 0.1) is 12.1 Å².